The number of halogens is 1. The van der Waals surface area contributed by atoms with Crippen LogP contribution in [0.1, 0.15) is 24.3 Å². The minimum Gasteiger partial charge on any atom is -0.346 e. The molecule has 0 aromatic heterocycles. The Morgan fingerprint density at radius 3 is 2.80 bits per heavy atom. The van der Waals surface area contributed by atoms with Gasteiger partial charge in [0.25, 0.3) is 0 Å². The number of piperidine rings is 1. The lowest BCUT2D eigenvalue weighted by Crippen LogP contribution is -2.34. The molecule has 1 fully saturated rings. The van der Waals surface area contributed by atoms with Crippen LogP contribution < -0.4 is 0 Å². The maximum absolute atomic E-state index is 13.5. The van der Waals surface area contributed by atoms with Gasteiger partial charge in [0.2, 0.25) is 5.91 Å². The standard InChI is InChI=1S/C12H14FNO/c1-14-7-6-9(8-12(14)15)10-4-2-3-5-11(10)13/h2-5,9H,6-8H2,1H3. The van der Waals surface area contributed by atoms with Gasteiger partial charge in [-0.15, -0.1) is 0 Å². The molecule has 0 N–H and O–H groups in total. The fourth-order valence-electron chi connectivity index (χ4n) is 2.01. The number of amides is 1. The molecule has 1 unspecified atom stereocenters. The van der Waals surface area contributed by atoms with Crippen LogP contribution in [0.15, 0.2) is 24.3 Å². The molecule has 1 aliphatic heterocycles. The second-order valence-corrected chi connectivity index (χ2v) is 4.03. The van der Waals surface area contributed by atoms with Crippen LogP contribution in [0.3, 0.4) is 0 Å². The molecule has 2 rings (SSSR count). The zero-order chi connectivity index (χ0) is 10.8. The average molecular weight is 207 g/mol. The number of rotatable bonds is 1. The molecule has 0 aliphatic carbocycles. The number of hydrogen-bond donors (Lipinski definition) is 0. The van der Waals surface area contributed by atoms with Gasteiger partial charge >= 0.3 is 0 Å². The Bertz CT molecular complexity index is 378. The Kier molecular flexibility index (Phi) is 2.71. The van der Waals surface area contributed by atoms with E-state index in [4.69, 9.17) is 0 Å². The molecule has 0 bridgehead atoms. The molecule has 3 heteroatoms. The molecular formula is C12H14FNO. The largest absolute Gasteiger partial charge is 0.346 e. The van der Waals surface area contributed by atoms with Gasteiger partial charge in [-0.05, 0) is 24.0 Å². The highest BCUT2D eigenvalue weighted by atomic mass is 19.1. The molecule has 1 atom stereocenters. The second-order valence-electron chi connectivity index (χ2n) is 4.03. The lowest BCUT2D eigenvalue weighted by atomic mass is 9.89. The van der Waals surface area contributed by atoms with Crippen molar-refractivity contribution in [2.24, 2.45) is 0 Å². The summed E-state index contributed by atoms with van der Waals surface area (Å²) < 4.78 is 13.5. The first kappa shape index (κ1) is 10.1. The lowest BCUT2D eigenvalue weighted by Gasteiger charge is -2.29. The smallest absolute Gasteiger partial charge is 0.222 e. The van der Waals surface area contributed by atoms with E-state index in [1.165, 1.54) is 6.07 Å². The van der Waals surface area contributed by atoms with Crippen LogP contribution in [-0.2, 0) is 4.79 Å². The Hall–Kier alpha value is -1.38. The van der Waals surface area contributed by atoms with Crippen molar-refractivity contribution in [1.29, 1.82) is 0 Å². The highest BCUT2D eigenvalue weighted by molar-refractivity contribution is 5.77. The van der Waals surface area contributed by atoms with Crippen molar-refractivity contribution in [3.63, 3.8) is 0 Å². The SMILES string of the molecule is CN1CCC(c2ccccc2F)CC1=O. The number of nitrogens with zero attached hydrogens (tertiary/aromatic N) is 1. The molecule has 2 nitrogen and oxygen atoms in total. The fourth-order valence-corrected chi connectivity index (χ4v) is 2.01. The molecule has 80 valence electrons. The van der Waals surface area contributed by atoms with E-state index in [2.05, 4.69) is 0 Å². The molecule has 15 heavy (non-hydrogen) atoms. The number of hydrogen-bond acceptors (Lipinski definition) is 1. The minimum atomic E-state index is -0.195. The lowest BCUT2D eigenvalue weighted by molar-refractivity contribution is -0.132. The van der Waals surface area contributed by atoms with Gasteiger partial charge < -0.3 is 4.90 Å². The van der Waals surface area contributed by atoms with Crippen LogP contribution in [0.5, 0.6) is 0 Å². The number of carbonyl (C=O) groups excluding carboxylic acids is 1. The fraction of sp³-hybridized carbons (Fsp3) is 0.417. The average Bonchev–Trinajstić information content (AvgIpc) is 2.23. The van der Waals surface area contributed by atoms with E-state index in [0.717, 1.165) is 13.0 Å². The summed E-state index contributed by atoms with van der Waals surface area (Å²) in [6, 6.07) is 6.73. The topological polar surface area (TPSA) is 20.3 Å². The van der Waals surface area contributed by atoms with Crippen LogP contribution in [-0.4, -0.2) is 24.4 Å². The summed E-state index contributed by atoms with van der Waals surface area (Å²) in [7, 11) is 1.79. The van der Waals surface area contributed by atoms with Gasteiger partial charge in [-0.2, -0.15) is 0 Å². The summed E-state index contributed by atoms with van der Waals surface area (Å²) >= 11 is 0. The Labute approximate surface area is 88.7 Å². The van der Waals surface area contributed by atoms with Gasteiger partial charge in [0.1, 0.15) is 5.82 Å². The van der Waals surface area contributed by atoms with E-state index in [1.54, 1.807) is 24.1 Å². The number of benzene rings is 1. The maximum Gasteiger partial charge on any atom is 0.222 e. The quantitative estimate of drug-likeness (QED) is 0.691. The summed E-state index contributed by atoms with van der Waals surface area (Å²) in [4.78, 5) is 13.2. The van der Waals surface area contributed by atoms with E-state index in [1.807, 2.05) is 6.07 Å². The number of likely N-dealkylation sites (tertiary alicyclic amines) is 1. The molecule has 1 aliphatic rings. The van der Waals surface area contributed by atoms with Crippen molar-refractivity contribution in [2.45, 2.75) is 18.8 Å². The summed E-state index contributed by atoms with van der Waals surface area (Å²) in [5.74, 6) is -0.0377. The third-order valence-corrected chi connectivity index (χ3v) is 3.00. The first-order chi connectivity index (χ1) is 7.18. The predicted octanol–water partition coefficient (Wildman–Crippen LogP) is 2.16. The first-order valence-electron chi connectivity index (χ1n) is 5.17. The molecule has 1 heterocycles. The molecule has 0 spiro atoms. The van der Waals surface area contributed by atoms with Gasteiger partial charge in [0.15, 0.2) is 0 Å². The van der Waals surface area contributed by atoms with Gasteiger partial charge in [-0.1, -0.05) is 18.2 Å². The van der Waals surface area contributed by atoms with E-state index in [0.29, 0.717) is 12.0 Å². The van der Waals surface area contributed by atoms with E-state index < -0.39 is 0 Å². The van der Waals surface area contributed by atoms with Gasteiger partial charge in [0, 0.05) is 20.0 Å². The Morgan fingerprint density at radius 1 is 1.40 bits per heavy atom. The van der Waals surface area contributed by atoms with Crippen molar-refractivity contribution in [3.05, 3.63) is 35.6 Å². The van der Waals surface area contributed by atoms with Crippen molar-refractivity contribution in [3.8, 4) is 0 Å². The van der Waals surface area contributed by atoms with Gasteiger partial charge in [-0.25, -0.2) is 4.39 Å². The summed E-state index contributed by atoms with van der Waals surface area (Å²) in [6.45, 7) is 0.720. The summed E-state index contributed by atoms with van der Waals surface area (Å²) in [5, 5.41) is 0. The van der Waals surface area contributed by atoms with Crippen molar-refractivity contribution in [2.75, 3.05) is 13.6 Å². The van der Waals surface area contributed by atoms with Crippen molar-refractivity contribution < 1.29 is 9.18 Å². The van der Waals surface area contributed by atoms with E-state index >= 15 is 0 Å². The summed E-state index contributed by atoms with van der Waals surface area (Å²) in [6.07, 6.45) is 1.28. The number of carbonyl (C=O) groups is 1. The second kappa shape index (κ2) is 4.01. The zero-order valence-corrected chi connectivity index (χ0v) is 8.74. The molecule has 1 aromatic rings. The third-order valence-electron chi connectivity index (χ3n) is 3.00. The van der Waals surface area contributed by atoms with E-state index in [-0.39, 0.29) is 17.6 Å². The molecule has 1 aromatic carbocycles. The molecule has 1 saturated heterocycles. The minimum absolute atomic E-state index is 0.0508. The monoisotopic (exact) mass is 207 g/mol. The van der Waals surface area contributed by atoms with Crippen LogP contribution in [0, 0.1) is 5.82 Å². The third kappa shape index (κ3) is 2.01. The van der Waals surface area contributed by atoms with E-state index in [9.17, 15) is 9.18 Å². The Morgan fingerprint density at radius 2 is 2.13 bits per heavy atom. The van der Waals surface area contributed by atoms with Crippen LogP contribution in [0.2, 0.25) is 0 Å². The molecule has 1 amide bonds. The highest BCUT2D eigenvalue weighted by Gasteiger charge is 2.25. The van der Waals surface area contributed by atoms with Crippen molar-refractivity contribution >= 4 is 5.91 Å². The normalized spacial score (nSPS) is 21.9. The van der Waals surface area contributed by atoms with Crippen LogP contribution >= 0.6 is 0 Å². The van der Waals surface area contributed by atoms with Crippen LogP contribution in [0.25, 0.3) is 0 Å². The molecule has 0 saturated carbocycles. The van der Waals surface area contributed by atoms with Gasteiger partial charge in [0.05, 0.1) is 0 Å². The highest BCUT2D eigenvalue weighted by Crippen LogP contribution is 2.29. The predicted molar refractivity (Wildman–Crippen MR) is 56.0 cm³/mol. The first-order valence-corrected chi connectivity index (χ1v) is 5.17. The maximum atomic E-state index is 13.5. The van der Waals surface area contributed by atoms with Crippen LogP contribution in [0.4, 0.5) is 4.39 Å². The molecule has 0 radical (unpaired) electrons. The zero-order valence-electron chi connectivity index (χ0n) is 8.74. The van der Waals surface area contributed by atoms with Gasteiger partial charge in [-0.3, -0.25) is 4.79 Å². The molecular weight excluding hydrogens is 193 g/mol. The van der Waals surface area contributed by atoms with Crippen molar-refractivity contribution in [1.82, 2.24) is 4.90 Å². The summed E-state index contributed by atoms with van der Waals surface area (Å²) in [5.41, 5.74) is 0.680. The Balaban J connectivity index is 2.19.